The second kappa shape index (κ2) is 13.3. The molecule has 18 nitrogen and oxygen atoms in total. The summed E-state index contributed by atoms with van der Waals surface area (Å²) in [4.78, 5) is 82.3. The molecule has 2 amide bonds. The van der Waals surface area contributed by atoms with Gasteiger partial charge in [0.1, 0.15) is 13.2 Å². The second-order valence-electron chi connectivity index (χ2n) is 14.3. The highest BCUT2D eigenvalue weighted by atomic mass is 33.1. The van der Waals surface area contributed by atoms with Crippen LogP contribution < -0.4 is 32.7 Å². The fraction of sp³-hybridized carbons (Fsp3) is 0.588. The normalized spacial score (nSPS) is 34.2. The van der Waals surface area contributed by atoms with Gasteiger partial charge in [-0.2, -0.15) is 0 Å². The lowest BCUT2D eigenvalue weighted by Gasteiger charge is -2.39. The molecule has 4 saturated heterocycles. The molecule has 3 unspecified atom stereocenters. The number of amides is 2. The number of allylic oxidation sites excluding steroid dienone is 4. The molecule has 4 fully saturated rings. The zero-order valence-electron chi connectivity index (χ0n) is 30.1. The predicted octanol–water partition coefficient (Wildman–Crippen LogP) is -1.65. The van der Waals surface area contributed by atoms with Crippen LogP contribution in [0.1, 0.15) is 13.8 Å². The summed E-state index contributed by atoms with van der Waals surface area (Å²) in [6.07, 6.45) is -1.96. The van der Waals surface area contributed by atoms with Crippen molar-refractivity contribution >= 4 is 56.9 Å². The number of nitrogens with two attached hydrogens (primary N) is 2. The summed E-state index contributed by atoms with van der Waals surface area (Å²) >= 11 is 0. The lowest BCUT2D eigenvalue weighted by Crippen LogP contribution is -2.55. The number of carbonyl (C=O) groups excluding carboxylic acids is 6. The molecule has 8 N–H and O–H groups in total. The zero-order valence-corrected chi connectivity index (χ0v) is 31.7. The number of fused-ring (bicyclic) bond motifs is 8. The van der Waals surface area contributed by atoms with Gasteiger partial charge in [0.2, 0.25) is 23.1 Å². The van der Waals surface area contributed by atoms with Gasteiger partial charge in [0.15, 0.2) is 11.4 Å². The number of carbonyl (C=O) groups is 6. The van der Waals surface area contributed by atoms with Crippen LogP contribution in [0.5, 0.6) is 0 Å². The number of piperazine rings is 2. The average molecular weight is 787 g/mol. The van der Waals surface area contributed by atoms with Gasteiger partial charge >= 0.3 is 12.2 Å². The number of methoxy groups -OCH3 is 2. The van der Waals surface area contributed by atoms with Crippen molar-refractivity contribution < 1.29 is 47.7 Å². The van der Waals surface area contributed by atoms with E-state index in [1.807, 2.05) is 9.80 Å². The Morgan fingerprint density at radius 2 is 1.11 bits per heavy atom. The van der Waals surface area contributed by atoms with Gasteiger partial charge in [-0.05, 0) is 13.8 Å². The Labute approximate surface area is 317 Å². The number of rotatable bonds is 15. The average Bonchev–Trinajstić information content (AvgIpc) is 3.97. The Morgan fingerprint density at radius 3 is 1.46 bits per heavy atom. The predicted molar refractivity (Wildman–Crippen MR) is 193 cm³/mol. The number of nitrogens with zero attached hydrogens (tertiary/aromatic N) is 2. The van der Waals surface area contributed by atoms with E-state index in [2.05, 4.69) is 21.3 Å². The lowest BCUT2D eigenvalue weighted by atomic mass is 9.82. The largest absolute Gasteiger partial charge is 0.449 e. The minimum atomic E-state index is -1.05. The van der Waals surface area contributed by atoms with Crippen molar-refractivity contribution in [1.29, 1.82) is 0 Å². The third kappa shape index (κ3) is 5.16. The van der Waals surface area contributed by atoms with E-state index in [4.69, 9.17) is 30.4 Å². The van der Waals surface area contributed by atoms with Crippen LogP contribution in [0, 0.1) is 11.8 Å². The molecule has 8 atom stereocenters. The second-order valence-corrected chi connectivity index (χ2v) is 17.0. The molecule has 20 heteroatoms. The van der Waals surface area contributed by atoms with Gasteiger partial charge in [0.25, 0.3) is 0 Å². The van der Waals surface area contributed by atoms with Gasteiger partial charge in [-0.3, -0.25) is 19.2 Å². The maximum absolute atomic E-state index is 14.0. The number of nitrogens with one attached hydrogen (secondary N) is 4. The van der Waals surface area contributed by atoms with Gasteiger partial charge in [-0.25, -0.2) is 9.59 Å². The Hall–Kier alpha value is -4.08. The summed E-state index contributed by atoms with van der Waals surface area (Å²) in [6, 6.07) is -0.0663. The van der Waals surface area contributed by atoms with Crippen molar-refractivity contribution in [1.82, 2.24) is 31.1 Å². The van der Waals surface area contributed by atoms with Crippen LogP contribution in [0.2, 0.25) is 0 Å². The van der Waals surface area contributed by atoms with Crippen molar-refractivity contribution in [3.05, 3.63) is 45.1 Å². The van der Waals surface area contributed by atoms with Gasteiger partial charge in [-0.1, -0.05) is 21.6 Å². The molecule has 6 aliphatic heterocycles. The molecule has 0 aromatic heterocycles. The van der Waals surface area contributed by atoms with E-state index in [9.17, 15) is 28.8 Å². The third-order valence-electron chi connectivity index (χ3n) is 11.9. The van der Waals surface area contributed by atoms with Crippen LogP contribution in [0.4, 0.5) is 9.59 Å². The summed E-state index contributed by atoms with van der Waals surface area (Å²) in [7, 11) is 6.13. The highest BCUT2D eigenvalue weighted by Gasteiger charge is 2.74. The first-order valence-electron chi connectivity index (χ1n) is 17.7. The Kier molecular flexibility index (Phi) is 9.08. The van der Waals surface area contributed by atoms with Gasteiger partial charge < -0.3 is 61.5 Å². The summed E-state index contributed by atoms with van der Waals surface area (Å²) in [5.41, 5.74) is 10.6. The molecule has 290 valence electrons. The molecular formula is C34H42N8O10S2. The van der Waals surface area contributed by atoms with Gasteiger partial charge in [-0.15, -0.1) is 0 Å². The molecule has 0 radical (unpaired) electrons. The summed E-state index contributed by atoms with van der Waals surface area (Å²) in [5.74, 6) is -1.51. The molecule has 6 heterocycles. The number of hydrogen-bond donors (Lipinski definition) is 6. The molecule has 0 aromatic carbocycles. The van der Waals surface area contributed by atoms with E-state index >= 15 is 0 Å². The SMILES string of the molecule is COC12[C@@H]3N[C@@H]3CN1C1=C(C(=O)C(NCCSSCCNC3=C(C)C(=O)C4=C(C3=O)C(COC(N)=O)[C@]3(OC)C5N[C@@H]5CN43)=C(C)C1=O)[C@@H]2COC(N)=O. The van der Waals surface area contributed by atoms with Crippen LogP contribution in [-0.2, 0) is 38.1 Å². The third-order valence-corrected chi connectivity index (χ3v) is 14.3. The molecule has 0 saturated carbocycles. The number of ether oxygens (including phenoxy) is 4. The Bertz CT molecular complexity index is 1780. The van der Waals surface area contributed by atoms with E-state index < -0.39 is 35.5 Å². The molecule has 0 bridgehead atoms. The molecule has 54 heavy (non-hydrogen) atoms. The maximum atomic E-state index is 14.0. The highest BCUT2D eigenvalue weighted by molar-refractivity contribution is 8.76. The summed E-state index contributed by atoms with van der Waals surface area (Å²) in [5, 5.41) is 13.0. The van der Waals surface area contributed by atoms with Crippen molar-refractivity contribution in [3.8, 4) is 0 Å². The van der Waals surface area contributed by atoms with Crippen molar-refractivity contribution in [2.24, 2.45) is 23.3 Å². The first-order valence-corrected chi connectivity index (χ1v) is 20.2. The first kappa shape index (κ1) is 36.9. The summed E-state index contributed by atoms with van der Waals surface area (Å²) in [6.45, 7) is 4.57. The van der Waals surface area contributed by atoms with Crippen molar-refractivity contribution in [2.45, 2.75) is 49.5 Å². The molecule has 8 rings (SSSR count). The zero-order chi connectivity index (χ0) is 38.4. The molecule has 0 aromatic rings. The van der Waals surface area contributed by atoms with Crippen LogP contribution in [0.25, 0.3) is 0 Å². The molecular weight excluding hydrogens is 745 g/mol. The van der Waals surface area contributed by atoms with Crippen LogP contribution in [-0.4, -0.2) is 146 Å². The van der Waals surface area contributed by atoms with Gasteiger partial charge in [0.05, 0.1) is 46.7 Å². The number of ketones is 4. The fourth-order valence-electron chi connectivity index (χ4n) is 9.56. The van der Waals surface area contributed by atoms with E-state index in [-0.39, 0.29) is 83.1 Å². The lowest BCUT2D eigenvalue weighted by molar-refractivity contribution is -0.137. The van der Waals surface area contributed by atoms with Crippen molar-refractivity contribution in [3.63, 3.8) is 0 Å². The standard InChI is InChI=1S/C34H42N8O10S2/c1-13-21(27(45)19-15(11-51-31(35)47)33(49-3)29-17(39-29)9-41(33)23(19)25(13)43)37-5-7-53-54-8-6-38-22-14(2)26(44)24-20(28(22)46)16(12-52-32(36)48)34(50-4)30-18(40-30)10-42(24)34/h15-18,29-30,37-40H,5-12H2,1-4H3,(H2,35,47)(H2,36,48)/t15-,16?,17+,18+,29+,30?,33?,34-/m0/s1. The topological polar surface area (TPSA) is 266 Å². The summed E-state index contributed by atoms with van der Waals surface area (Å²) < 4.78 is 22.4. The van der Waals surface area contributed by atoms with E-state index in [0.717, 1.165) is 0 Å². The first-order chi connectivity index (χ1) is 25.8. The quantitative estimate of drug-likeness (QED) is 0.0470. The van der Waals surface area contributed by atoms with Crippen molar-refractivity contribution in [2.75, 3.05) is 65.1 Å². The smallest absolute Gasteiger partial charge is 0.404 e. The fourth-order valence-corrected chi connectivity index (χ4v) is 11.4. The van der Waals surface area contributed by atoms with E-state index in [0.29, 0.717) is 60.2 Å². The Morgan fingerprint density at radius 1 is 0.722 bits per heavy atom. The highest BCUT2D eigenvalue weighted by Crippen LogP contribution is 2.57. The number of primary amides is 2. The van der Waals surface area contributed by atoms with Crippen LogP contribution in [0.3, 0.4) is 0 Å². The van der Waals surface area contributed by atoms with Crippen LogP contribution >= 0.6 is 21.6 Å². The minimum Gasteiger partial charge on any atom is -0.449 e. The van der Waals surface area contributed by atoms with E-state index in [1.54, 1.807) is 13.8 Å². The molecule has 8 aliphatic rings. The molecule has 0 spiro atoms. The number of Topliss-reactive ketones (excluding diaryl/α,β-unsaturated/α-hetero) is 4. The molecule has 2 aliphatic carbocycles. The minimum absolute atomic E-state index is 0.0990. The Balaban J connectivity index is 0.855. The number of hydrogen-bond acceptors (Lipinski definition) is 18. The monoisotopic (exact) mass is 786 g/mol. The van der Waals surface area contributed by atoms with Crippen LogP contribution in [0.15, 0.2) is 45.1 Å². The maximum Gasteiger partial charge on any atom is 0.404 e. The van der Waals surface area contributed by atoms with E-state index in [1.165, 1.54) is 35.8 Å². The van der Waals surface area contributed by atoms with Gasteiger partial charge in [0, 0.05) is 86.3 Å².